The minimum atomic E-state index is 0.486. The Morgan fingerprint density at radius 1 is 1.55 bits per heavy atom. The van der Waals surface area contributed by atoms with Crippen molar-refractivity contribution in [3.05, 3.63) is 29.3 Å². The van der Waals surface area contributed by atoms with Crippen LogP contribution >= 0.6 is 12.6 Å². The standard InChI is InChI=1S/C9H9NS/c1-7-6-9(11)3-2-8(7)4-5-10/h2-3,6,11H,4H2,1H3. The zero-order valence-electron chi connectivity index (χ0n) is 6.33. The van der Waals surface area contributed by atoms with Gasteiger partial charge in [0.15, 0.2) is 0 Å². The van der Waals surface area contributed by atoms with Gasteiger partial charge < -0.3 is 0 Å². The highest BCUT2D eigenvalue weighted by Crippen LogP contribution is 2.13. The Labute approximate surface area is 72.1 Å². The molecule has 0 radical (unpaired) electrons. The first kappa shape index (κ1) is 8.16. The van der Waals surface area contributed by atoms with E-state index in [0.717, 1.165) is 16.0 Å². The highest BCUT2D eigenvalue weighted by atomic mass is 32.1. The minimum Gasteiger partial charge on any atom is -0.198 e. The summed E-state index contributed by atoms with van der Waals surface area (Å²) in [5.41, 5.74) is 2.23. The van der Waals surface area contributed by atoms with Gasteiger partial charge in [-0.05, 0) is 30.2 Å². The van der Waals surface area contributed by atoms with Crippen molar-refractivity contribution in [3.63, 3.8) is 0 Å². The third-order valence-electron chi connectivity index (χ3n) is 1.60. The Kier molecular flexibility index (Phi) is 2.56. The van der Waals surface area contributed by atoms with E-state index in [2.05, 4.69) is 18.7 Å². The molecule has 1 rings (SSSR count). The molecular weight excluding hydrogens is 154 g/mol. The zero-order chi connectivity index (χ0) is 8.27. The number of nitrogens with zero attached hydrogens (tertiary/aromatic N) is 1. The van der Waals surface area contributed by atoms with E-state index in [0.29, 0.717) is 6.42 Å². The van der Waals surface area contributed by atoms with Crippen molar-refractivity contribution in [1.82, 2.24) is 0 Å². The molecule has 0 aliphatic rings. The van der Waals surface area contributed by atoms with Crippen molar-refractivity contribution in [2.45, 2.75) is 18.2 Å². The predicted molar refractivity (Wildman–Crippen MR) is 47.7 cm³/mol. The maximum Gasteiger partial charge on any atom is 0.0669 e. The maximum absolute atomic E-state index is 8.44. The van der Waals surface area contributed by atoms with Crippen LogP contribution in [0.1, 0.15) is 11.1 Å². The lowest BCUT2D eigenvalue weighted by atomic mass is 10.1. The Hall–Kier alpha value is -0.940. The van der Waals surface area contributed by atoms with Gasteiger partial charge in [-0.15, -0.1) is 12.6 Å². The van der Waals surface area contributed by atoms with E-state index in [9.17, 15) is 0 Å². The van der Waals surface area contributed by atoms with Crippen molar-refractivity contribution in [1.29, 1.82) is 5.26 Å². The van der Waals surface area contributed by atoms with Crippen LogP contribution in [-0.2, 0) is 6.42 Å². The number of nitriles is 1. The highest BCUT2D eigenvalue weighted by Gasteiger charge is 1.96. The average Bonchev–Trinajstić information content (AvgIpc) is 1.95. The van der Waals surface area contributed by atoms with Crippen molar-refractivity contribution >= 4 is 12.6 Å². The minimum absolute atomic E-state index is 0.486. The monoisotopic (exact) mass is 163 g/mol. The lowest BCUT2D eigenvalue weighted by Crippen LogP contribution is -1.86. The maximum atomic E-state index is 8.44. The molecule has 56 valence electrons. The molecule has 1 aromatic rings. The summed E-state index contributed by atoms with van der Waals surface area (Å²) in [4.78, 5) is 0.948. The number of aryl methyl sites for hydroxylation is 1. The van der Waals surface area contributed by atoms with Gasteiger partial charge >= 0.3 is 0 Å². The molecular formula is C9H9NS. The van der Waals surface area contributed by atoms with E-state index in [1.54, 1.807) is 0 Å². The fourth-order valence-corrected chi connectivity index (χ4v) is 1.23. The van der Waals surface area contributed by atoms with E-state index in [4.69, 9.17) is 5.26 Å². The molecule has 11 heavy (non-hydrogen) atoms. The summed E-state index contributed by atoms with van der Waals surface area (Å²) < 4.78 is 0. The molecule has 0 unspecified atom stereocenters. The van der Waals surface area contributed by atoms with Crippen LogP contribution in [0.25, 0.3) is 0 Å². The second kappa shape index (κ2) is 3.45. The fourth-order valence-electron chi connectivity index (χ4n) is 0.964. The van der Waals surface area contributed by atoms with E-state index in [-0.39, 0.29) is 0 Å². The molecule has 0 aromatic heterocycles. The number of rotatable bonds is 1. The molecule has 0 spiro atoms. The SMILES string of the molecule is Cc1cc(S)ccc1CC#N. The van der Waals surface area contributed by atoms with Crippen LogP contribution in [0.15, 0.2) is 23.1 Å². The summed E-state index contributed by atoms with van der Waals surface area (Å²) in [5, 5.41) is 8.44. The van der Waals surface area contributed by atoms with E-state index >= 15 is 0 Å². The molecule has 0 fully saturated rings. The molecule has 0 atom stereocenters. The quantitative estimate of drug-likeness (QED) is 0.631. The first-order chi connectivity index (χ1) is 5.24. The highest BCUT2D eigenvalue weighted by molar-refractivity contribution is 7.80. The third-order valence-corrected chi connectivity index (χ3v) is 1.87. The van der Waals surface area contributed by atoms with Gasteiger partial charge in [0.05, 0.1) is 12.5 Å². The van der Waals surface area contributed by atoms with E-state index in [1.807, 2.05) is 25.1 Å². The van der Waals surface area contributed by atoms with Gasteiger partial charge in [-0.1, -0.05) is 6.07 Å². The molecule has 0 amide bonds. The third kappa shape index (κ3) is 1.99. The van der Waals surface area contributed by atoms with Crippen molar-refractivity contribution in [2.75, 3.05) is 0 Å². The Balaban J connectivity index is 3.01. The molecule has 0 saturated carbocycles. The van der Waals surface area contributed by atoms with E-state index in [1.165, 1.54) is 0 Å². The van der Waals surface area contributed by atoms with Crippen LogP contribution in [0.3, 0.4) is 0 Å². The summed E-state index contributed by atoms with van der Waals surface area (Å²) in [6.07, 6.45) is 0.486. The largest absolute Gasteiger partial charge is 0.198 e. The van der Waals surface area contributed by atoms with Crippen molar-refractivity contribution < 1.29 is 0 Å². The Morgan fingerprint density at radius 2 is 2.27 bits per heavy atom. The molecule has 1 aromatic carbocycles. The average molecular weight is 163 g/mol. The van der Waals surface area contributed by atoms with E-state index < -0.39 is 0 Å². The molecule has 1 nitrogen and oxygen atoms in total. The van der Waals surface area contributed by atoms with Gasteiger partial charge in [-0.2, -0.15) is 5.26 Å². The smallest absolute Gasteiger partial charge is 0.0669 e. The lowest BCUT2D eigenvalue weighted by molar-refractivity contribution is 1.19. The Morgan fingerprint density at radius 3 is 2.82 bits per heavy atom. The van der Waals surface area contributed by atoms with Crippen LogP contribution in [0.4, 0.5) is 0 Å². The first-order valence-corrected chi connectivity index (χ1v) is 3.84. The lowest BCUT2D eigenvalue weighted by Gasteiger charge is -2.00. The summed E-state index contributed by atoms with van der Waals surface area (Å²) in [6, 6.07) is 7.94. The normalized spacial score (nSPS) is 9.18. The van der Waals surface area contributed by atoms with Crippen LogP contribution < -0.4 is 0 Å². The van der Waals surface area contributed by atoms with Crippen LogP contribution in [0.2, 0.25) is 0 Å². The molecule has 0 saturated heterocycles. The van der Waals surface area contributed by atoms with Crippen LogP contribution in [0.5, 0.6) is 0 Å². The number of benzene rings is 1. The molecule has 0 N–H and O–H groups in total. The van der Waals surface area contributed by atoms with Crippen molar-refractivity contribution in [2.24, 2.45) is 0 Å². The van der Waals surface area contributed by atoms with Gasteiger partial charge in [0.1, 0.15) is 0 Å². The summed E-state index contributed by atoms with van der Waals surface area (Å²) in [5.74, 6) is 0. The number of hydrogen-bond donors (Lipinski definition) is 1. The predicted octanol–water partition coefficient (Wildman–Crippen LogP) is 2.35. The number of hydrogen-bond acceptors (Lipinski definition) is 2. The van der Waals surface area contributed by atoms with Gasteiger partial charge in [-0.25, -0.2) is 0 Å². The van der Waals surface area contributed by atoms with Crippen LogP contribution in [0, 0.1) is 18.3 Å². The van der Waals surface area contributed by atoms with Crippen LogP contribution in [-0.4, -0.2) is 0 Å². The summed E-state index contributed by atoms with van der Waals surface area (Å²) in [7, 11) is 0. The molecule has 0 aliphatic heterocycles. The topological polar surface area (TPSA) is 23.8 Å². The number of thiol groups is 1. The van der Waals surface area contributed by atoms with Gasteiger partial charge in [-0.3, -0.25) is 0 Å². The molecule has 0 aliphatic carbocycles. The fraction of sp³-hybridized carbons (Fsp3) is 0.222. The molecule has 2 heteroatoms. The summed E-state index contributed by atoms with van der Waals surface area (Å²) in [6.45, 7) is 1.99. The molecule has 0 bridgehead atoms. The Bertz CT molecular complexity index is 299. The second-order valence-electron chi connectivity index (χ2n) is 2.45. The second-order valence-corrected chi connectivity index (χ2v) is 2.96. The van der Waals surface area contributed by atoms with Gasteiger partial charge in [0.2, 0.25) is 0 Å². The van der Waals surface area contributed by atoms with Gasteiger partial charge in [0, 0.05) is 4.90 Å². The first-order valence-electron chi connectivity index (χ1n) is 3.39. The van der Waals surface area contributed by atoms with Gasteiger partial charge in [0.25, 0.3) is 0 Å². The summed E-state index contributed by atoms with van der Waals surface area (Å²) >= 11 is 4.19. The van der Waals surface area contributed by atoms with Crippen molar-refractivity contribution in [3.8, 4) is 6.07 Å². The zero-order valence-corrected chi connectivity index (χ0v) is 7.23. The molecule has 0 heterocycles.